The smallest absolute Gasteiger partial charge is 0.321 e. The summed E-state index contributed by atoms with van der Waals surface area (Å²) < 4.78 is 5.21. The largest absolute Gasteiger partial charge is 0.497 e. The normalized spacial score (nSPS) is 19.1. The molecule has 4 heterocycles. The number of carbonyl (C=O) groups excluding carboxylic acids is 2. The minimum absolute atomic E-state index is 0.0863. The molecule has 10 nitrogen and oxygen atoms in total. The van der Waals surface area contributed by atoms with E-state index in [0.29, 0.717) is 80.7 Å². The average molecular weight is 513 g/mol. The van der Waals surface area contributed by atoms with Crippen molar-refractivity contribution in [1.82, 2.24) is 14.8 Å². The van der Waals surface area contributed by atoms with Crippen LogP contribution in [0.25, 0.3) is 0 Å². The van der Waals surface area contributed by atoms with Gasteiger partial charge in [0, 0.05) is 76.5 Å². The minimum Gasteiger partial charge on any atom is -0.497 e. The molecule has 1 aromatic carbocycles. The number of rotatable bonds is 4. The van der Waals surface area contributed by atoms with E-state index >= 15 is 0 Å². The molecule has 0 atom stereocenters. The standard InChI is InChI=1S/C25H29ClN6O4/c1-35-19-5-2-4-18(16-19)28-24(34)32-10-7-25(8-11-32)17-21(29-36-25)23(33)31-14-12-30(13-15-31)22-20(26)6-3-9-27-22/h2-6,9,16H,7-8,10-15,17H2,1H3,(H,28,34). The Bertz CT molecular complexity index is 1160. The highest BCUT2D eigenvalue weighted by Crippen LogP contribution is 2.35. The van der Waals surface area contributed by atoms with E-state index in [9.17, 15) is 9.59 Å². The second-order valence-electron chi connectivity index (χ2n) is 9.23. The van der Waals surface area contributed by atoms with Crippen molar-refractivity contribution in [2.45, 2.75) is 24.9 Å². The molecule has 3 aliphatic rings. The van der Waals surface area contributed by atoms with E-state index in [1.165, 1.54) is 0 Å². The summed E-state index contributed by atoms with van der Waals surface area (Å²) in [6.07, 6.45) is 3.41. The summed E-state index contributed by atoms with van der Waals surface area (Å²) in [5.74, 6) is 1.34. The third-order valence-electron chi connectivity index (χ3n) is 6.97. The molecule has 11 heteroatoms. The van der Waals surface area contributed by atoms with Gasteiger partial charge in [0.1, 0.15) is 22.9 Å². The lowest BCUT2D eigenvalue weighted by molar-refractivity contribution is -0.124. The number of urea groups is 1. The maximum Gasteiger partial charge on any atom is 0.321 e. The van der Waals surface area contributed by atoms with Crippen LogP contribution in [-0.4, -0.2) is 84.4 Å². The number of halogens is 1. The predicted octanol–water partition coefficient (Wildman–Crippen LogP) is 3.24. The monoisotopic (exact) mass is 512 g/mol. The van der Waals surface area contributed by atoms with Crippen LogP contribution in [-0.2, 0) is 9.63 Å². The summed E-state index contributed by atoms with van der Waals surface area (Å²) in [6.45, 7) is 3.48. The van der Waals surface area contributed by atoms with E-state index in [1.807, 2.05) is 29.2 Å². The molecule has 2 aromatic rings. The van der Waals surface area contributed by atoms with Crippen molar-refractivity contribution >= 4 is 40.8 Å². The van der Waals surface area contributed by atoms with Gasteiger partial charge < -0.3 is 29.6 Å². The molecule has 1 spiro atoms. The van der Waals surface area contributed by atoms with Gasteiger partial charge in [0.25, 0.3) is 5.91 Å². The number of hydrogen-bond donors (Lipinski definition) is 1. The Morgan fingerprint density at radius 1 is 1.06 bits per heavy atom. The van der Waals surface area contributed by atoms with E-state index < -0.39 is 5.60 Å². The molecule has 0 radical (unpaired) electrons. The Labute approximate surface area is 214 Å². The van der Waals surface area contributed by atoms with Gasteiger partial charge in [-0.05, 0) is 24.3 Å². The molecule has 0 bridgehead atoms. The molecule has 190 valence electrons. The molecule has 2 saturated heterocycles. The average Bonchev–Trinajstić information content (AvgIpc) is 3.32. The highest BCUT2D eigenvalue weighted by Gasteiger charge is 2.45. The molecule has 0 aliphatic carbocycles. The molecular formula is C25H29ClN6O4. The van der Waals surface area contributed by atoms with E-state index in [2.05, 4.69) is 20.4 Å². The van der Waals surface area contributed by atoms with Crippen LogP contribution in [0, 0.1) is 0 Å². The quantitative estimate of drug-likeness (QED) is 0.675. The number of piperidine rings is 1. The van der Waals surface area contributed by atoms with Gasteiger partial charge in [-0.2, -0.15) is 0 Å². The lowest BCUT2D eigenvalue weighted by atomic mass is 9.86. The van der Waals surface area contributed by atoms with Crippen molar-refractivity contribution in [3.05, 3.63) is 47.6 Å². The maximum atomic E-state index is 13.1. The van der Waals surface area contributed by atoms with Crippen LogP contribution in [0.4, 0.5) is 16.3 Å². The van der Waals surface area contributed by atoms with E-state index in [0.717, 1.165) is 5.82 Å². The number of piperazine rings is 1. The van der Waals surface area contributed by atoms with Crippen molar-refractivity contribution in [1.29, 1.82) is 0 Å². The molecule has 3 aliphatic heterocycles. The molecule has 0 unspecified atom stereocenters. The summed E-state index contributed by atoms with van der Waals surface area (Å²) in [7, 11) is 1.59. The second kappa shape index (κ2) is 10.2. The Hall–Kier alpha value is -3.53. The lowest BCUT2D eigenvalue weighted by Gasteiger charge is -2.37. The lowest BCUT2D eigenvalue weighted by Crippen LogP contribution is -2.52. The molecule has 36 heavy (non-hydrogen) atoms. The van der Waals surface area contributed by atoms with Gasteiger partial charge >= 0.3 is 6.03 Å². The second-order valence-corrected chi connectivity index (χ2v) is 9.63. The molecule has 2 fully saturated rings. The Morgan fingerprint density at radius 3 is 2.56 bits per heavy atom. The number of methoxy groups -OCH3 is 1. The number of nitrogens with zero attached hydrogens (tertiary/aromatic N) is 5. The summed E-state index contributed by atoms with van der Waals surface area (Å²) >= 11 is 6.27. The van der Waals surface area contributed by atoms with Gasteiger partial charge in [0.2, 0.25) is 0 Å². The van der Waals surface area contributed by atoms with Crippen molar-refractivity contribution in [3.8, 4) is 5.75 Å². The summed E-state index contributed by atoms with van der Waals surface area (Å²) in [4.78, 5) is 41.7. The van der Waals surface area contributed by atoms with Crippen LogP contribution in [0.15, 0.2) is 47.8 Å². The number of oxime groups is 1. The number of ether oxygens (including phenoxy) is 1. The number of amides is 3. The first-order valence-electron chi connectivity index (χ1n) is 12.1. The fourth-order valence-electron chi connectivity index (χ4n) is 4.84. The minimum atomic E-state index is -0.527. The number of anilines is 2. The number of hydrogen-bond acceptors (Lipinski definition) is 7. The fourth-order valence-corrected chi connectivity index (χ4v) is 5.08. The maximum absolute atomic E-state index is 13.1. The van der Waals surface area contributed by atoms with Crippen molar-refractivity contribution in [2.24, 2.45) is 5.16 Å². The fraction of sp³-hybridized carbons (Fsp3) is 0.440. The van der Waals surface area contributed by atoms with Crippen molar-refractivity contribution < 1.29 is 19.2 Å². The number of carbonyl (C=O) groups is 2. The van der Waals surface area contributed by atoms with E-state index in [1.54, 1.807) is 30.3 Å². The molecule has 5 rings (SSSR count). The molecular weight excluding hydrogens is 484 g/mol. The number of likely N-dealkylation sites (tertiary alicyclic amines) is 1. The molecule has 1 N–H and O–H groups in total. The topological polar surface area (TPSA) is 99.6 Å². The third kappa shape index (κ3) is 5.04. The van der Waals surface area contributed by atoms with Crippen LogP contribution >= 0.6 is 11.6 Å². The van der Waals surface area contributed by atoms with Crippen molar-refractivity contribution in [3.63, 3.8) is 0 Å². The predicted molar refractivity (Wildman–Crippen MR) is 137 cm³/mol. The van der Waals surface area contributed by atoms with Crippen LogP contribution in [0.5, 0.6) is 5.75 Å². The van der Waals surface area contributed by atoms with E-state index in [-0.39, 0.29) is 11.9 Å². The van der Waals surface area contributed by atoms with Gasteiger partial charge in [-0.1, -0.05) is 22.8 Å². The molecule has 0 saturated carbocycles. The molecule has 3 amide bonds. The van der Waals surface area contributed by atoms with Crippen LogP contribution < -0.4 is 15.0 Å². The first-order valence-corrected chi connectivity index (χ1v) is 12.4. The van der Waals surface area contributed by atoms with Gasteiger partial charge in [-0.25, -0.2) is 9.78 Å². The number of aromatic nitrogens is 1. The zero-order valence-electron chi connectivity index (χ0n) is 20.2. The first-order chi connectivity index (χ1) is 17.5. The summed E-state index contributed by atoms with van der Waals surface area (Å²) in [5.41, 5.74) is 0.605. The Morgan fingerprint density at radius 2 is 1.83 bits per heavy atom. The number of benzene rings is 1. The third-order valence-corrected chi connectivity index (χ3v) is 7.27. The summed E-state index contributed by atoms with van der Waals surface area (Å²) in [5, 5.41) is 7.70. The highest BCUT2D eigenvalue weighted by atomic mass is 35.5. The van der Waals surface area contributed by atoms with E-state index in [4.69, 9.17) is 21.2 Å². The van der Waals surface area contributed by atoms with Crippen LogP contribution in [0.3, 0.4) is 0 Å². The first kappa shape index (κ1) is 24.2. The highest BCUT2D eigenvalue weighted by molar-refractivity contribution is 6.39. The van der Waals surface area contributed by atoms with Crippen LogP contribution in [0.2, 0.25) is 5.02 Å². The summed E-state index contributed by atoms with van der Waals surface area (Å²) in [6, 6.07) is 10.7. The van der Waals surface area contributed by atoms with Gasteiger partial charge in [-0.3, -0.25) is 4.79 Å². The zero-order chi connectivity index (χ0) is 25.1. The van der Waals surface area contributed by atoms with Gasteiger partial charge in [0.05, 0.1) is 12.1 Å². The number of pyridine rings is 1. The Balaban J connectivity index is 1.10. The zero-order valence-corrected chi connectivity index (χ0v) is 20.9. The number of nitrogens with one attached hydrogen (secondary N) is 1. The van der Waals surface area contributed by atoms with Crippen LogP contribution in [0.1, 0.15) is 19.3 Å². The van der Waals surface area contributed by atoms with Gasteiger partial charge in [-0.15, -0.1) is 0 Å². The Kier molecular flexibility index (Phi) is 6.86. The molecule has 1 aromatic heterocycles. The SMILES string of the molecule is COc1cccc(NC(=O)N2CCC3(CC2)CC(C(=O)N2CCN(c4ncccc4Cl)CC2)=NO3)c1. The van der Waals surface area contributed by atoms with Crippen molar-refractivity contribution in [2.75, 3.05) is 56.6 Å². The van der Waals surface area contributed by atoms with Gasteiger partial charge in [0.15, 0.2) is 0 Å².